The highest BCUT2D eigenvalue weighted by atomic mass is 16.7. The Bertz CT molecular complexity index is 631. The van der Waals surface area contributed by atoms with Crippen molar-refractivity contribution in [3.63, 3.8) is 0 Å². The van der Waals surface area contributed by atoms with Crippen LogP contribution >= 0.6 is 0 Å². The molecule has 8 atom stereocenters. The molecular formula is C19H29NO9. The Morgan fingerprint density at radius 1 is 1.03 bits per heavy atom. The van der Waals surface area contributed by atoms with Gasteiger partial charge in [-0.05, 0) is 30.7 Å². The zero-order valence-corrected chi connectivity index (χ0v) is 15.9. The molecule has 0 saturated carbocycles. The average molecular weight is 415 g/mol. The minimum absolute atomic E-state index is 0.0403. The van der Waals surface area contributed by atoms with Crippen molar-refractivity contribution in [3.05, 3.63) is 29.8 Å². The maximum atomic E-state index is 10.7. The molecule has 29 heavy (non-hydrogen) atoms. The van der Waals surface area contributed by atoms with E-state index in [-0.39, 0.29) is 13.0 Å². The molecule has 3 unspecified atom stereocenters. The molecule has 2 fully saturated rings. The number of hydrogen-bond donors (Lipinski definition) is 6. The van der Waals surface area contributed by atoms with Gasteiger partial charge in [0.15, 0.2) is 6.29 Å². The van der Waals surface area contributed by atoms with E-state index in [1.165, 1.54) is 0 Å². The van der Waals surface area contributed by atoms with Gasteiger partial charge < -0.3 is 50.2 Å². The predicted molar refractivity (Wildman–Crippen MR) is 98.8 cm³/mol. The third-order valence-corrected chi connectivity index (χ3v) is 5.00. The van der Waals surface area contributed by atoms with Gasteiger partial charge in [-0.25, -0.2) is 0 Å². The maximum absolute atomic E-state index is 10.7. The predicted octanol–water partition coefficient (Wildman–Crippen LogP) is -2.14. The van der Waals surface area contributed by atoms with Crippen LogP contribution in [0.25, 0.3) is 0 Å². The fourth-order valence-corrected chi connectivity index (χ4v) is 3.41. The minimum atomic E-state index is -1.43. The summed E-state index contributed by atoms with van der Waals surface area (Å²) in [5.74, 6) is 0.415. The molecule has 10 heteroatoms. The summed E-state index contributed by atoms with van der Waals surface area (Å²) in [5.41, 5.74) is 6.56. The molecule has 1 aromatic carbocycles. The molecule has 7 N–H and O–H groups in total. The fraction of sp³-hybridized carbons (Fsp3) is 0.684. The van der Waals surface area contributed by atoms with Crippen molar-refractivity contribution >= 4 is 0 Å². The number of rotatable bonds is 7. The Balaban J connectivity index is 1.69. The van der Waals surface area contributed by atoms with Crippen LogP contribution in [0.15, 0.2) is 24.3 Å². The fourth-order valence-electron chi connectivity index (χ4n) is 3.41. The SMILES string of the molecule is NCCc1ccc(O[C@@H]2OC(CO)[C@H](O)[C@H](O[C@@H]3OC[C@@H](O)CC3O)C2O)cc1. The highest BCUT2D eigenvalue weighted by Gasteiger charge is 2.48. The number of nitrogens with two attached hydrogens (primary N) is 1. The van der Waals surface area contributed by atoms with E-state index in [4.69, 9.17) is 24.7 Å². The molecule has 0 aromatic heterocycles. The van der Waals surface area contributed by atoms with Crippen molar-refractivity contribution in [2.75, 3.05) is 19.8 Å². The zero-order valence-electron chi connectivity index (χ0n) is 15.9. The van der Waals surface area contributed by atoms with Crippen LogP contribution < -0.4 is 10.5 Å². The van der Waals surface area contributed by atoms with Crippen molar-refractivity contribution < 1.29 is 44.5 Å². The van der Waals surface area contributed by atoms with Gasteiger partial charge in [0.25, 0.3) is 0 Å². The maximum Gasteiger partial charge on any atom is 0.229 e. The molecule has 1 aromatic rings. The second-order valence-electron chi connectivity index (χ2n) is 7.27. The number of benzene rings is 1. The first kappa shape index (κ1) is 22.3. The molecule has 0 radical (unpaired) electrons. The average Bonchev–Trinajstić information content (AvgIpc) is 2.70. The summed E-state index contributed by atoms with van der Waals surface area (Å²) in [4.78, 5) is 0. The zero-order chi connectivity index (χ0) is 21.0. The quantitative estimate of drug-likeness (QED) is 0.289. The van der Waals surface area contributed by atoms with Gasteiger partial charge in [0.1, 0.15) is 36.3 Å². The highest BCUT2D eigenvalue weighted by molar-refractivity contribution is 5.27. The van der Waals surface area contributed by atoms with Crippen molar-refractivity contribution in [1.29, 1.82) is 0 Å². The van der Waals surface area contributed by atoms with Crippen molar-refractivity contribution in [1.82, 2.24) is 0 Å². The molecule has 3 rings (SSSR count). The summed E-state index contributed by atoms with van der Waals surface area (Å²) in [6.07, 6.45) is -8.72. The topological polar surface area (TPSA) is 164 Å². The first-order chi connectivity index (χ1) is 13.9. The highest BCUT2D eigenvalue weighted by Crippen LogP contribution is 2.29. The smallest absolute Gasteiger partial charge is 0.229 e. The van der Waals surface area contributed by atoms with E-state index in [0.717, 1.165) is 12.0 Å². The molecule has 0 bridgehead atoms. The summed E-state index contributed by atoms with van der Waals surface area (Å²) in [7, 11) is 0. The number of aliphatic hydroxyl groups excluding tert-OH is 5. The van der Waals surface area contributed by atoms with Gasteiger partial charge in [-0.15, -0.1) is 0 Å². The van der Waals surface area contributed by atoms with Crippen molar-refractivity contribution in [2.45, 2.75) is 62.0 Å². The first-order valence-electron chi connectivity index (χ1n) is 9.64. The van der Waals surface area contributed by atoms with Crippen LogP contribution in [-0.2, 0) is 20.6 Å². The van der Waals surface area contributed by atoms with Crippen molar-refractivity contribution in [2.24, 2.45) is 5.73 Å². The first-order valence-corrected chi connectivity index (χ1v) is 9.64. The lowest BCUT2D eigenvalue weighted by molar-refractivity contribution is -0.329. The third-order valence-electron chi connectivity index (χ3n) is 5.00. The summed E-state index contributed by atoms with van der Waals surface area (Å²) in [6, 6.07) is 7.07. The van der Waals surface area contributed by atoms with Crippen LogP contribution in [-0.4, -0.2) is 94.5 Å². The van der Waals surface area contributed by atoms with Gasteiger partial charge >= 0.3 is 0 Å². The standard InChI is InChI=1S/C19H29NO9/c20-6-5-10-1-3-12(4-2-10)27-19-16(25)17(15(24)14(8-21)28-19)29-18-13(23)7-11(22)9-26-18/h1-4,11,13-19,21-25H,5-9,20H2/t11-,13?,14?,15-,16?,17-,18-,19+/m0/s1. The Morgan fingerprint density at radius 3 is 2.38 bits per heavy atom. The third kappa shape index (κ3) is 5.43. The molecule has 10 nitrogen and oxygen atoms in total. The number of ether oxygens (including phenoxy) is 4. The normalized spacial score (nSPS) is 38.0. The molecule has 2 aliphatic rings. The Morgan fingerprint density at radius 2 is 1.76 bits per heavy atom. The van der Waals surface area contributed by atoms with Gasteiger partial charge in [0, 0.05) is 6.42 Å². The lowest BCUT2D eigenvalue weighted by Crippen LogP contribution is -2.62. The van der Waals surface area contributed by atoms with Crippen LogP contribution in [0.5, 0.6) is 5.75 Å². The van der Waals surface area contributed by atoms with Crippen LogP contribution in [0.3, 0.4) is 0 Å². The molecule has 0 spiro atoms. The van der Waals surface area contributed by atoms with E-state index in [1.54, 1.807) is 12.1 Å². The molecule has 0 amide bonds. The second kappa shape index (κ2) is 10.1. The van der Waals surface area contributed by atoms with E-state index in [2.05, 4.69) is 0 Å². The van der Waals surface area contributed by atoms with E-state index < -0.39 is 55.8 Å². The molecule has 2 heterocycles. The Kier molecular flexibility index (Phi) is 7.79. The molecule has 2 saturated heterocycles. The number of aliphatic hydroxyl groups is 5. The summed E-state index contributed by atoms with van der Waals surface area (Å²) >= 11 is 0. The van der Waals surface area contributed by atoms with Crippen molar-refractivity contribution in [3.8, 4) is 5.75 Å². The summed E-state index contributed by atoms with van der Waals surface area (Å²) < 4.78 is 22.0. The van der Waals surface area contributed by atoms with Crippen LogP contribution in [0.2, 0.25) is 0 Å². The van der Waals surface area contributed by atoms with Crippen LogP contribution in [0.1, 0.15) is 12.0 Å². The molecular weight excluding hydrogens is 386 g/mol. The Labute approximate surface area is 168 Å². The van der Waals surface area contributed by atoms with E-state index in [9.17, 15) is 25.5 Å². The van der Waals surface area contributed by atoms with Gasteiger partial charge in [-0.1, -0.05) is 12.1 Å². The number of hydrogen-bond acceptors (Lipinski definition) is 10. The van der Waals surface area contributed by atoms with Gasteiger partial charge in [-0.2, -0.15) is 0 Å². The summed E-state index contributed by atoms with van der Waals surface area (Å²) in [6.45, 7) is -0.0582. The van der Waals surface area contributed by atoms with E-state index >= 15 is 0 Å². The molecule has 0 aliphatic carbocycles. The monoisotopic (exact) mass is 415 g/mol. The lowest BCUT2D eigenvalue weighted by atomic mass is 9.98. The molecule has 2 aliphatic heterocycles. The van der Waals surface area contributed by atoms with E-state index in [1.807, 2.05) is 12.1 Å². The summed E-state index contributed by atoms with van der Waals surface area (Å²) in [5, 5.41) is 50.2. The van der Waals surface area contributed by atoms with Crippen LogP contribution in [0.4, 0.5) is 0 Å². The minimum Gasteiger partial charge on any atom is -0.462 e. The Hall–Kier alpha value is -1.34. The second-order valence-corrected chi connectivity index (χ2v) is 7.27. The largest absolute Gasteiger partial charge is 0.462 e. The van der Waals surface area contributed by atoms with Gasteiger partial charge in [-0.3, -0.25) is 0 Å². The van der Waals surface area contributed by atoms with E-state index in [0.29, 0.717) is 12.3 Å². The molecule has 164 valence electrons. The van der Waals surface area contributed by atoms with Crippen LogP contribution in [0, 0.1) is 0 Å². The van der Waals surface area contributed by atoms with Gasteiger partial charge in [0.05, 0.1) is 19.3 Å². The van der Waals surface area contributed by atoms with Gasteiger partial charge in [0.2, 0.25) is 6.29 Å². The lowest BCUT2D eigenvalue weighted by Gasteiger charge is -2.43.